The van der Waals surface area contributed by atoms with E-state index in [1.54, 1.807) is 0 Å². The third-order valence-electron chi connectivity index (χ3n) is 3.72. The summed E-state index contributed by atoms with van der Waals surface area (Å²) in [5.41, 5.74) is 5.36. The molecule has 0 aromatic carbocycles. The standard InChI is InChI=1S/C13H25N3O2/c1-2-15-11(17)9-16-12(18)13(10-14)7-5-3-4-6-8-13/h2-10,14H2,1H3,(H,15,17)(H,16,18). The van der Waals surface area contributed by atoms with Crippen molar-refractivity contribution in [3.8, 4) is 0 Å². The highest BCUT2D eigenvalue weighted by Gasteiger charge is 2.37. The van der Waals surface area contributed by atoms with E-state index in [0.717, 1.165) is 25.7 Å². The van der Waals surface area contributed by atoms with Crippen molar-refractivity contribution in [2.45, 2.75) is 45.4 Å². The van der Waals surface area contributed by atoms with Crippen LogP contribution in [0.5, 0.6) is 0 Å². The van der Waals surface area contributed by atoms with Gasteiger partial charge in [0.15, 0.2) is 0 Å². The zero-order chi connectivity index (χ0) is 13.4. The lowest BCUT2D eigenvalue weighted by molar-refractivity contribution is -0.133. The number of nitrogens with two attached hydrogens (primary N) is 1. The molecule has 0 bridgehead atoms. The number of carbonyl (C=O) groups excluding carboxylic acids is 2. The third-order valence-corrected chi connectivity index (χ3v) is 3.72. The number of carbonyl (C=O) groups is 2. The van der Waals surface area contributed by atoms with Gasteiger partial charge >= 0.3 is 0 Å². The van der Waals surface area contributed by atoms with Gasteiger partial charge in [-0.3, -0.25) is 9.59 Å². The summed E-state index contributed by atoms with van der Waals surface area (Å²) in [5.74, 6) is -0.204. The molecule has 0 heterocycles. The van der Waals surface area contributed by atoms with Crippen molar-refractivity contribution in [1.82, 2.24) is 10.6 Å². The first-order valence-corrected chi connectivity index (χ1v) is 6.89. The minimum absolute atomic E-state index is 0.0500. The number of hydrogen-bond acceptors (Lipinski definition) is 3. The molecule has 4 N–H and O–H groups in total. The van der Waals surface area contributed by atoms with Gasteiger partial charge in [-0.25, -0.2) is 0 Å². The number of rotatable bonds is 5. The van der Waals surface area contributed by atoms with Gasteiger partial charge in [-0.2, -0.15) is 0 Å². The zero-order valence-corrected chi connectivity index (χ0v) is 11.3. The lowest BCUT2D eigenvalue weighted by Gasteiger charge is -2.29. The smallest absolute Gasteiger partial charge is 0.239 e. The third kappa shape index (κ3) is 3.98. The van der Waals surface area contributed by atoms with E-state index in [0.29, 0.717) is 13.1 Å². The van der Waals surface area contributed by atoms with Gasteiger partial charge < -0.3 is 16.4 Å². The Morgan fingerprint density at radius 3 is 2.22 bits per heavy atom. The van der Waals surface area contributed by atoms with Crippen LogP contribution in [0.1, 0.15) is 45.4 Å². The van der Waals surface area contributed by atoms with Crippen LogP contribution < -0.4 is 16.4 Å². The average molecular weight is 255 g/mol. The molecule has 1 rings (SSSR count). The minimum Gasteiger partial charge on any atom is -0.355 e. The second-order valence-corrected chi connectivity index (χ2v) is 5.03. The van der Waals surface area contributed by atoms with Crippen molar-refractivity contribution in [1.29, 1.82) is 0 Å². The molecule has 1 saturated carbocycles. The molecular weight excluding hydrogens is 230 g/mol. The average Bonchev–Trinajstić information content (AvgIpc) is 2.62. The summed E-state index contributed by atoms with van der Waals surface area (Å²) in [6.45, 7) is 2.85. The van der Waals surface area contributed by atoms with Crippen LogP contribution >= 0.6 is 0 Å². The van der Waals surface area contributed by atoms with Crippen LogP contribution in [0.2, 0.25) is 0 Å². The summed E-state index contributed by atoms with van der Waals surface area (Å²) in [4.78, 5) is 23.6. The van der Waals surface area contributed by atoms with Crippen LogP contribution in [-0.2, 0) is 9.59 Å². The van der Waals surface area contributed by atoms with Gasteiger partial charge in [0.1, 0.15) is 0 Å². The molecule has 0 aliphatic heterocycles. The monoisotopic (exact) mass is 255 g/mol. The lowest BCUT2D eigenvalue weighted by Crippen LogP contribution is -2.48. The zero-order valence-electron chi connectivity index (χ0n) is 11.3. The number of amides is 2. The molecule has 1 aliphatic carbocycles. The van der Waals surface area contributed by atoms with Gasteiger partial charge in [-0.1, -0.05) is 25.7 Å². The maximum absolute atomic E-state index is 12.2. The largest absolute Gasteiger partial charge is 0.355 e. The molecule has 0 saturated heterocycles. The van der Waals surface area contributed by atoms with Crippen LogP contribution in [-0.4, -0.2) is 31.4 Å². The Balaban J connectivity index is 2.52. The molecule has 0 radical (unpaired) electrons. The highest BCUT2D eigenvalue weighted by atomic mass is 16.2. The molecule has 0 atom stereocenters. The van der Waals surface area contributed by atoms with E-state index in [2.05, 4.69) is 10.6 Å². The molecule has 18 heavy (non-hydrogen) atoms. The highest BCUT2D eigenvalue weighted by molar-refractivity contribution is 5.88. The predicted octanol–water partition coefficient (Wildman–Crippen LogP) is 0.538. The molecule has 5 nitrogen and oxygen atoms in total. The first kappa shape index (κ1) is 15.0. The molecule has 0 unspecified atom stereocenters. The molecule has 0 spiro atoms. The van der Waals surface area contributed by atoms with E-state index in [-0.39, 0.29) is 18.4 Å². The van der Waals surface area contributed by atoms with Crippen molar-refractivity contribution in [3.05, 3.63) is 0 Å². The number of nitrogens with one attached hydrogen (secondary N) is 2. The van der Waals surface area contributed by atoms with Crippen molar-refractivity contribution < 1.29 is 9.59 Å². The summed E-state index contributed by atoms with van der Waals surface area (Å²) in [5, 5.41) is 5.39. The summed E-state index contributed by atoms with van der Waals surface area (Å²) in [6, 6.07) is 0. The molecule has 1 fully saturated rings. The fraction of sp³-hybridized carbons (Fsp3) is 0.846. The second kappa shape index (κ2) is 7.36. The molecule has 2 amide bonds. The van der Waals surface area contributed by atoms with Gasteiger partial charge in [0, 0.05) is 13.1 Å². The van der Waals surface area contributed by atoms with Crippen LogP contribution in [0.25, 0.3) is 0 Å². The Bertz CT molecular complexity index is 284. The van der Waals surface area contributed by atoms with E-state index in [1.165, 1.54) is 12.8 Å². The minimum atomic E-state index is -0.455. The number of likely N-dealkylation sites (N-methyl/N-ethyl adjacent to an activating group) is 1. The van der Waals surface area contributed by atoms with Crippen molar-refractivity contribution in [2.75, 3.05) is 19.6 Å². The van der Waals surface area contributed by atoms with Gasteiger partial charge in [-0.15, -0.1) is 0 Å². The van der Waals surface area contributed by atoms with Gasteiger partial charge in [-0.05, 0) is 19.8 Å². The molecule has 0 aromatic rings. The SMILES string of the molecule is CCNC(=O)CNC(=O)C1(CN)CCCCCC1. The summed E-state index contributed by atoms with van der Waals surface area (Å²) in [6.07, 6.45) is 6.11. The van der Waals surface area contributed by atoms with E-state index in [4.69, 9.17) is 5.73 Å². The molecule has 104 valence electrons. The topological polar surface area (TPSA) is 84.2 Å². The second-order valence-electron chi connectivity index (χ2n) is 5.03. The maximum Gasteiger partial charge on any atom is 0.239 e. The Kier molecular flexibility index (Phi) is 6.12. The Morgan fingerprint density at radius 1 is 1.11 bits per heavy atom. The quantitative estimate of drug-likeness (QED) is 0.627. The Morgan fingerprint density at radius 2 is 1.72 bits per heavy atom. The Labute approximate surface area is 109 Å². The normalized spacial score (nSPS) is 18.8. The fourth-order valence-electron chi connectivity index (χ4n) is 2.54. The van der Waals surface area contributed by atoms with Gasteiger partial charge in [0.2, 0.25) is 11.8 Å². The molecule has 1 aliphatic rings. The highest BCUT2D eigenvalue weighted by Crippen LogP contribution is 2.34. The van der Waals surface area contributed by atoms with Crippen LogP contribution in [0.3, 0.4) is 0 Å². The van der Waals surface area contributed by atoms with Crippen molar-refractivity contribution >= 4 is 11.8 Å². The van der Waals surface area contributed by atoms with E-state index in [1.807, 2.05) is 6.92 Å². The van der Waals surface area contributed by atoms with Crippen LogP contribution in [0.15, 0.2) is 0 Å². The predicted molar refractivity (Wildman–Crippen MR) is 70.9 cm³/mol. The summed E-state index contributed by atoms with van der Waals surface area (Å²) < 4.78 is 0. The van der Waals surface area contributed by atoms with Crippen molar-refractivity contribution in [2.24, 2.45) is 11.1 Å². The van der Waals surface area contributed by atoms with E-state index >= 15 is 0 Å². The summed E-state index contributed by atoms with van der Waals surface area (Å²) >= 11 is 0. The lowest BCUT2D eigenvalue weighted by atomic mass is 9.79. The fourth-order valence-corrected chi connectivity index (χ4v) is 2.54. The first-order valence-electron chi connectivity index (χ1n) is 6.89. The van der Waals surface area contributed by atoms with E-state index in [9.17, 15) is 9.59 Å². The van der Waals surface area contributed by atoms with E-state index < -0.39 is 5.41 Å². The number of hydrogen-bond donors (Lipinski definition) is 3. The van der Waals surface area contributed by atoms with Gasteiger partial charge in [0.05, 0.1) is 12.0 Å². The van der Waals surface area contributed by atoms with Crippen LogP contribution in [0.4, 0.5) is 0 Å². The molecule has 5 heteroatoms. The maximum atomic E-state index is 12.2. The van der Waals surface area contributed by atoms with Crippen molar-refractivity contribution in [3.63, 3.8) is 0 Å². The van der Waals surface area contributed by atoms with Crippen LogP contribution in [0, 0.1) is 5.41 Å². The molecule has 0 aromatic heterocycles. The Hall–Kier alpha value is -1.10. The molecular formula is C13H25N3O2. The van der Waals surface area contributed by atoms with Gasteiger partial charge in [0.25, 0.3) is 0 Å². The first-order chi connectivity index (χ1) is 8.64. The summed E-state index contributed by atoms with van der Waals surface area (Å²) in [7, 11) is 0.